The first-order valence-corrected chi connectivity index (χ1v) is 15.9. The van der Waals surface area contributed by atoms with Crippen LogP contribution < -0.4 is 0 Å². The Kier molecular flexibility index (Phi) is 23.3. The highest BCUT2D eigenvalue weighted by atomic mass is 31.2. The average molecular weight is 603 g/mol. The molecule has 0 aliphatic rings. The Labute approximate surface area is 246 Å². The van der Waals surface area contributed by atoms with E-state index in [4.69, 9.17) is 23.6 Å². The maximum absolute atomic E-state index is 12.1. The van der Waals surface area contributed by atoms with Crippen LogP contribution in [0.15, 0.2) is 48.6 Å². The Morgan fingerprint density at radius 1 is 0.805 bits per heavy atom. The Hall–Kier alpha value is -2.07. The molecule has 1 unspecified atom stereocenters. The minimum absolute atomic E-state index is 0.0131. The lowest BCUT2D eigenvalue weighted by Crippen LogP contribution is -2.37. The number of aliphatic hydroxyl groups excluding tert-OH is 1. The summed E-state index contributed by atoms with van der Waals surface area (Å²) in [5, 5.41) is 8.74. The van der Waals surface area contributed by atoms with Crippen LogP contribution in [0.1, 0.15) is 71.1 Å². The summed E-state index contributed by atoms with van der Waals surface area (Å²) in [6.45, 7) is 1.25. The van der Waals surface area contributed by atoms with Crippen LogP contribution in [0.3, 0.4) is 0 Å². The molecule has 0 saturated heterocycles. The van der Waals surface area contributed by atoms with Crippen LogP contribution in [0, 0.1) is 0 Å². The van der Waals surface area contributed by atoms with Crippen molar-refractivity contribution in [3.8, 4) is 0 Å². The second-order valence-corrected chi connectivity index (χ2v) is 12.0. The van der Waals surface area contributed by atoms with Crippen molar-refractivity contribution in [2.45, 2.75) is 77.2 Å². The molecule has 236 valence electrons. The van der Waals surface area contributed by atoms with Crippen molar-refractivity contribution in [1.82, 2.24) is 0 Å². The van der Waals surface area contributed by atoms with E-state index in [0.29, 0.717) is 17.4 Å². The maximum atomic E-state index is 12.1. The summed E-state index contributed by atoms with van der Waals surface area (Å²) in [7, 11) is 1.41. The van der Waals surface area contributed by atoms with Gasteiger partial charge in [0.2, 0.25) is 0 Å². The molecule has 0 aromatic rings. The van der Waals surface area contributed by atoms with Gasteiger partial charge >= 0.3 is 19.8 Å². The molecule has 2 atom stereocenters. The van der Waals surface area contributed by atoms with Crippen molar-refractivity contribution in [1.29, 1.82) is 0 Å². The van der Waals surface area contributed by atoms with Crippen molar-refractivity contribution >= 4 is 19.8 Å². The largest absolute Gasteiger partial charge is 0.472 e. The van der Waals surface area contributed by atoms with Crippen LogP contribution in [0.4, 0.5) is 0 Å². The van der Waals surface area contributed by atoms with Gasteiger partial charge in [0.25, 0.3) is 0 Å². The third-order valence-electron chi connectivity index (χ3n) is 5.47. The number of nitrogens with zero attached hydrogens (tertiary/aromatic N) is 1. The number of quaternary nitrogens is 1. The number of hydrogen-bond donors (Lipinski definition) is 2. The summed E-state index contributed by atoms with van der Waals surface area (Å²) < 4.78 is 32.7. The van der Waals surface area contributed by atoms with Gasteiger partial charge in [0.15, 0.2) is 6.10 Å². The lowest BCUT2D eigenvalue weighted by atomic mass is 10.2. The van der Waals surface area contributed by atoms with Crippen molar-refractivity contribution in [2.24, 2.45) is 0 Å². The van der Waals surface area contributed by atoms with E-state index >= 15 is 0 Å². The van der Waals surface area contributed by atoms with Gasteiger partial charge in [-0.05, 0) is 51.4 Å². The van der Waals surface area contributed by atoms with Crippen LogP contribution in [-0.4, -0.2) is 86.6 Å². The number of carbonyl (C=O) groups excluding carboxylic acids is 2. The van der Waals surface area contributed by atoms with Gasteiger partial charge in [-0.2, -0.15) is 0 Å². The smallest absolute Gasteiger partial charge is 0.462 e. The van der Waals surface area contributed by atoms with Crippen molar-refractivity contribution < 1.29 is 47.2 Å². The van der Waals surface area contributed by atoms with Gasteiger partial charge in [0.05, 0.1) is 27.7 Å². The van der Waals surface area contributed by atoms with Crippen LogP contribution in [-0.2, 0) is 32.7 Å². The number of likely N-dealkylation sites (N-methyl/N-ethyl adjacent to an activating group) is 1. The van der Waals surface area contributed by atoms with E-state index in [9.17, 15) is 19.0 Å². The molecule has 0 fully saturated rings. The molecule has 0 heterocycles. The van der Waals surface area contributed by atoms with E-state index in [-0.39, 0.29) is 26.2 Å². The standard InChI is InChI=1S/C30H52NO9P/c1-28(33)40-29(27-39-41(35,36)38-25-23-31(2,3)4)26-37-30(34)22-20-18-16-14-12-10-8-6-5-7-9-11-13-15-17-19-21-24-32/h5,7-8,10-11,13-14,16,29,32H,6,9,12,15,17-27H2,1-4H3/p+1/b7-5-,10-8-,13-11-,16-14-/t29-/m1/s1. The first-order chi connectivity index (χ1) is 19.4. The zero-order valence-corrected chi connectivity index (χ0v) is 26.3. The van der Waals surface area contributed by atoms with Gasteiger partial charge in [0.1, 0.15) is 19.8 Å². The van der Waals surface area contributed by atoms with E-state index in [1.807, 2.05) is 27.2 Å². The predicted molar refractivity (Wildman–Crippen MR) is 161 cm³/mol. The number of aliphatic hydroxyl groups is 1. The van der Waals surface area contributed by atoms with Gasteiger partial charge in [0, 0.05) is 20.0 Å². The molecule has 0 aromatic carbocycles. The minimum Gasteiger partial charge on any atom is -0.462 e. The molecule has 0 aliphatic carbocycles. The molecule has 0 rings (SSSR count). The number of carbonyl (C=O) groups is 2. The molecule has 11 heteroatoms. The first kappa shape index (κ1) is 38.9. The fourth-order valence-electron chi connectivity index (χ4n) is 3.22. The molecule has 2 N–H and O–H groups in total. The SMILES string of the molecule is CC(=O)O[C@H](COC(=O)CCC/C=C\C/C=C\C/C=C\C/C=C\CCCCCO)COP(=O)(O)OCC[N+](C)(C)C. The van der Waals surface area contributed by atoms with Crippen LogP contribution >= 0.6 is 7.82 Å². The van der Waals surface area contributed by atoms with Crippen molar-refractivity contribution in [3.05, 3.63) is 48.6 Å². The number of phosphoric ester groups is 1. The van der Waals surface area contributed by atoms with Gasteiger partial charge in [-0.15, -0.1) is 0 Å². The van der Waals surface area contributed by atoms with E-state index in [0.717, 1.165) is 51.4 Å². The predicted octanol–water partition coefficient (Wildman–Crippen LogP) is 5.42. The Morgan fingerprint density at radius 3 is 1.90 bits per heavy atom. The number of rotatable bonds is 25. The summed E-state index contributed by atoms with van der Waals surface area (Å²) in [4.78, 5) is 33.2. The van der Waals surface area contributed by atoms with E-state index < -0.39 is 32.5 Å². The van der Waals surface area contributed by atoms with E-state index in [1.165, 1.54) is 6.92 Å². The molecule has 10 nitrogen and oxygen atoms in total. The molecule has 0 radical (unpaired) electrons. The third-order valence-corrected chi connectivity index (χ3v) is 6.45. The normalized spacial score (nSPS) is 14.8. The zero-order valence-electron chi connectivity index (χ0n) is 25.4. The number of ether oxygens (including phenoxy) is 2. The number of phosphoric acid groups is 1. The lowest BCUT2D eigenvalue weighted by molar-refractivity contribution is -0.870. The summed E-state index contributed by atoms with van der Waals surface area (Å²) in [5.41, 5.74) is 0. The maximum Gasteiger partial charge on any atom is 0.472 e. The van der Waals surface area contributed by atoms with E-state index in [1.54, 1.807) is 0 Å². The second-order valence-electron chi connectivity index (χ2n) is 10.6. The Morgan fingerprint density at radius 2 is 1.37 bits per heavy atom. The highest BCUT2D eigenvalue weighted by molar-refractivity contribution is 7.47. The number of allylic oxidation sites excluding steroid dienone is 8. The van der Waals surface area contributed by atoms with Gasteiger partial charge in [-0.1, -0.05) is 55.0 Å². The monoisotopic (exact) mass is 602 g/mol. The molecule has 0 spiro atoms. The third kappa shape index (κ3) is 29.2. The van der Waals surface area contributed by atoms with Crippen LogP contribution in [0.5, 0.6) is 0 Å². The van der Waals surface area contributed by atoms with Crippen LogP contribution in [0.2, 0.25) is 0 Å². The summed E-state index contributed by atoms with van der Waals surface area (Å²) in [6, 6.07) is 0. The number of esters is 2. The highest BCUT2D eigenvalue weighted by Crippen LogP contribution is 2.43. The van der Waals surface area contributed by atoms with Gasteiger partial charge in [-0.25, -0.2) is 4.57 Å². The highest BCUT2D eigenvalue weighted by Gasteiger charge is 2.26. The Balaban J connectivity index is 4.06. The molecule has 0 aliphatic heterocycles. The zero-order chi connectivity index (χ0) is 30.8. The molecule has 0 bridgehead atoms. The average Bonchev–Trinajstić information content (AvgIpc) is 2.88. The second kappa shape index (κ2) is 24.5. The number of hydrogen-bond acceptors (Lipinski definition) is 8. The first-order valence-electron chi connectivity index (χ1n) is 14.4. The lowest BCUT2D eigenvalue weighted by Gasteiger charge is -2.24. The van der Waals surface area contributed by atoms with Gasteiger partial charge in [-0.3, -0.25) is 18.6 Å². The number of unbranched alkanes of at least 4 members (excludes halogenated alkanes) is 4. The molecule has 0 amide bonds. The molecular formula is C30H53NO9P+. The van der Waals surface area contributed by atoms with Gasteiger partial charge < -0.3 is 24.0 Å². The molecular weight excluding hydrogens is 549 g/mol. The fraction of sp³-hybridized carbons (Fsp3) is 0.667. The fourth-order valence-corrected chi connectivity index (χ4v) is 3.96. The topological polar surface area (TPSA) is 129 Å². The van der Waals surface area contributed by atoms with Crippen LogP contribution in [0.25, 0.3) is 0 Å². The molecule has 0 aromatic heterocycles. The summed E-state index contributed by atoms with van der Waals surface area (Å²) in [5.74, 6) is -1.08. The molecule has 41 heavy (non-hydrogen) atoms. The quantitative estimate of drug-likeness (QED) is 0.0463. The van der Waals surface area contributed by atoms with E-state index in [2.05, 4.69) is 42.5 Å². The summed E-state index contributed by atoms with van der Waals surface area (Å²) in [6.07, 6.45) is 24.3. The minimum atomic E-state index is -4.34. The van der Waals surface area contributed by atoms with Crippen molar-refractivity contribution in [2.75, 3.05) is 54.1 Å². The molecule has 0 saturated carbocycles. The summed E-state index contributed by atoms with van der Waals surface area (Å²) >= 11 is 0. The van der Waals surface area contributed by atoms with Crippen molar-refractivity contribution in [3.63, 3.8) is 0 Å². The Bertz CT molecular complexity index is 863.